The van der Waals surface area contributed by atoms with E-state index in [2.05, 4.69) is 5.32 Å². The maximum Gasteiger partial charge on any atom is 0.325 e. The summed E-state index contributed by atoms with van der Waals surface area (Å²) in [6.07, 6.45) is 0.0462. The first-order chi connectivity index (χ1) is 17.4. The zero-order valence-electron chi connectivity index (χ0n) is 19.6. The number of carbonyl (C=O) groups is 3. The molecule has 3 aromatic carbocycles. The Balaban J connectivity index is 1.61. The van der Waals surface area contributed by atoms with E-state index in [4.69, 9.17) is 16.3 Å². The third-order valence-corrected chi connectivity index (χ3v) is 7.25. The molecule has 0 aliphatic carbocycles. The summed E-state index contributed by atoms with van der Waals surface area (Å²) in [6.45, 7) is 2.35. The summed E-state index contributed by atoms with van der Waals surface area (Å²) in [7, 11) is 0. The lowest BCUT2D eigenvalue weighted by Gasteiger charge is -2.31. The summed E-state index contributed by atoms with van der Waals surface area (Å²) in [6, 6.07) is 22.0. The van der Waals surface area contributed by atoms with E-state index in [1.807, 2.05) is 37.3 Å². The number of amides is 2. The Morgan fingerprint density at radius 2 is 1.67 bits per heavy atom. The number of imide groups is 1. The van der Waals surface area contributed by atoms with Crippen LogP contribution < -0.4 is 15.0 Å². The number of carboxylic acids is 1. The number of aliphatic carboxylic acids is 1. The van der Waals surface area contributed by atoms with Crippen LogP contribution in [-0.2, 0) is 20.8 Å². The van der Waals surface area contributed by atoms with Gasteiger partial charge >= 0.3 is 5.97 Å². The van der Waals surface area contributed by atoms with Gasteiger partial charge in [0, 0.05) is 17.5 Å². The van der Waals surface area contributed by atoms with E-state index >= 15 is 0 Å². The van der Waals surface area contributed by atoms with Crippen LogP contribution in [0.25, 0.3) is 0 Å². The minimum Gasteiger partial charge on any atom is -0.494 e. The van der Waals surface area contributed by atoms with Crippen molar-refractivity contribution in [1.82, 2.24) is 5.32 Å². The highest BCUT2D eigenvalue weighted by Gasteiger charge is 2.68. The van der Waals surface area contributed by atoms with Crippen LogP contribution in [0.15, 0.2) is 78.9 Å². The van der Waals surface area contributed by atoms with Gasteiger partial charge in [-0.2, -0.15) is 0 Å². The zero-order chi connectivity index (χ0) is 25.4. The number of nitrogens with one attached hydrogen (secondary N) is 1. The lowest BCUT2D eigenvalue weighted by atomic mass is 9.76. The lowest BCUT2D eigenvalue weighted by molar-refractivity contribution is -0.148. The van der Waals surface area contributed by atoms with Gasteiger partial charge in [0.2, 0.25) is 11.8 Å². The van der Waals surface area contributed by atoms with Crippen molar-refractivity contribution < 1.29 is 24.2 Å². The van der Waals surface area contributed by atoms with E-state index < -0.39 is 41.2 Å². The molecule has 0 spiro atoms. The van der Waals surface area contributed by atoms with Crippen LogP contribution in [0.1, 0.15) is 24.1 Å². The fourth-order valence-corrected chi connectivity index (χ4v) is 5.55. The predicted octanol–water partition coefficient (Wildman–Crippen LogP) is 4.25. The Bertz CT molecular complexity index is 1300. The first-order valence-corrected chi connectivity index (χ1v) is 12.1. The molecule has 2 aliphatic heterocycles. The van der Waals surface area contributed by atoms with Gasteiger partial charge in [-0.3, -0.25) is 19.7 Å². The first kappa shape index (κ1) is 24.0. The molecule has 5 rings (SSSR count). The minimum absolute atomic E-state index is 0.0462. The topological polar surface area (TPSA) is 95.9 Å². The molecule has 184 valence electrons. The maximum atomic E-state index is 13.9. The van der Waals surface area contributed by atoms with Crippen molar-refractivity contribution in [2.75, 3.05) is 11.5 Å². The smallest absolute Gasteiger partial charge is 0.325 e. The number of fused-ring (bicyclic) bond motifs is 1. The summed E-state index contributed by atoms with van der Waals surface area (Å²) in [5.74, 6) is -3.52. The van der Waals surface area contributed by atoms with Crippen molar-refractivity contribution in [3.05, 3.63) is 95.0 Å². The molecule has 36 heavy (non-hydrogen) atoms. The summed E-state index contributed by atoms with van der Waals surface area (Å²) in [5.41, 5.74) is 0.156. The number of ether oxygens (including phenoxy) is 1. The Labute approximate surface area is 213 Å². The average Bonchev–Trinajstić information content (AvgIpc) is 3.35. The first-order valence-electron chi connectivity index (χ1n) is 11.8. The van der Waals surface area contributed by atoms with Gasteiger partial charge in [-0.15, -0.1) is 0 Å². The molecular formula is C28H25ClN2O5. The van der Waals surface area contributed by atoms with Gasteiger partial charge in [0.1, 0.15) is 11.3 Å². The number of carbonyl (C=O) groups excluding carboxylic acids is 2. The Morgan fingerprint density at radius 1 is 1.00 bits per heavy atom. The predicted molar refractivity (Wildman–Crippen MR) is 135 cm³/mol. The third kappa shape index (κ3) is 3.94. The van der Waals surface area contributed by atoms with Crippen molar-refractivity contribution in [3.8, 4) is 5.75 Å². The quantitative estimate of drug-likeness (QED) is 0.467. The molecule has 8 heteroatoms. The SMILES string of the molecule is CCOc1ccc(N2C(=O)C3C(c4ccc(Cl)cc4)NC(Cc4ccccc4)(C(=O)O)C3C2=O)cc1. The molecule has 2 N–H and O–H groups in total. The molecule has 4 atom stereocenters. The maximum absolute atomic E-state index is 13.9. The second-order valence-corrected chi connectivity index (χ2v) is 9.49. The van der Waals surface area contributed by atoms with Crippen molar-refractivity contribution in [3.63, 3.8) is 0 Å². The van der Waals surface area contributed by atoms with Crippen molar-refractivity contribution in [2.45, 2.75) is 24.9 Å². The molecule has 0 saturated carbocycles. The summed E-state index contributed by atoms with van der Waals surface area (Å²) >= 11 is 6.08. The molecule has 7 nitrogen and oxygen atoms in total. The summed E-state index contributed by atoms with van der Waals surface area (Å²) < 4.78 is 5.48. The second kappa shape index (κ2) is 9.41. The highest BCUT2D eigenvalue weighted by atomic mass is 35.5. The van der Waals surface area contributed by atoms with Crippen LogP contribution in [0, 0.1) is 11.8 Å². The van der Waals surface area contributed by atoms with E-state index in [9.17, 15) is 19.5 Å². The molecule has 0 aromatic heterocycles. The van der Waals surface area contributed by atoms with Gasteiger partial charge in [0.25, 0.3) is 0 Å². The normalized spacial score (nSPS) is 25.2. The van der Waals surface area contributed by atoms with E-state index in [0.29, 0.717) is 28.6 Å². The van der Waals surface area contributed by atoms with Gasteiger partial charge in [-0.1, -0.05) is 54.1 Å². The highest BCUT2D eigenvalue weighted by Crippen LogP contribution is 2.51. The number of nitrogens with zero attached hydrogens (tertiary/aromatic N) is 1. The minimum atomic E-state index is -1.68. The second-order valence-electron chi connectivity index (χ2n) is 9.05. The Hall–Kier alpha value is -3.68. The van der Waals surface area contributed by atoms with Crippen LogP contribution in [-0.4, -0.2) is 35.0 Å². The number of halogens is 1. The van der Waals surface area contributed by atoms with Crippen LogP contribution in [0.4, 0.5) is 5.69 Å². The third-order valence-electron chi connectivity index (χ3n) is 7.00. The summed E-state index contributed by atoms with van der Waals surface area (Å²) in [5, 5.41) is 14.3. The van der Waals surface area contributed by atoms with E-state index in [1.165, 1.54) is 0 Å². The molecule has 3 aromatic rings. The van der Waals surface area contributed by atoms with Crippen LogP contribution in [0.2, 0.25) is 5.02 Å². The number of rotatable bonds is 7. The van der Waals surface area contributed by atoms with Crippen molar-refractivity contribution in [1.29, 1.82) is 0 Å². The van der Waals surface area contributed by atoms with Crippen LogP contribution >= 0.6 is 11.6 Å². The number of benzene rings is 3. The van der Waals surface area contributed by atoms with Gasteiger partial charge in [-0.05, 0) is 54.4 Å². The monoisotopic (exact) mass is 504 g/mol. The average molecular weight is 505 g/mol. The zero-order valence-corrected chi connectivity index (χ0v) is 20.3. The molecule has 2 heterocycles. The Kier molecular flexibility index (Phi) is 6.28. The molecule has 0 bridgehead atoms. The molecule has 4 unspecified atom stereocenters. The highest BCUT2D eigenvalue weighted by molar-refractivity contribution is 6.30. The van der Waals surface area contributed by atoms with Gasteiger partial charge < -0.3 is 9.84 Å². The van der Waals surface area contributed by atoms with Crippen molar-refractivity contribution >= 4 is 35.1 Å². The van der Waals surface area contributed by atoms with Crippen molar-refractivity contribution in [2.24, 2.45) is 11.8 Å². The van der Waals surface area contributed by atoms with E-state index in [0.717, 1.165) is 10.5 Å². The van der Waals surface area contributed by atoms with Crippen LogP contribution in [0.5, 0.6) is 5.75 Å². The van der Waals surface area contributed by atoms with Crippen LogP contribution in [0.3, 0.4) is 0 Å². The molecule has 2 saturated heterocycles. The van der Waals surface area contributed by atoms with E-state index in [-0.39, 0.29) is 6.42 Å². The Morgan fingerprint density at radius 3 is 2.28 bits per heavy atom. The fraction of sp³-hybridized carbons (Fsp3) is 0.250. The molecule has 2 aliphatic rings. The molecular weight excluding hydrogens is 480 g/mol. The molecule has 2 fully saturated rings. The number of hydrogen-bond donors (Lipinski definition) is 2. The number of hydrogen-bond acceptors (Lipinski definition) is 5. The molecule has 0 radical (unpaired) electrons. The number of carboxylic acid groups (broad SMARTS) is 1. The molecule has 2 amide bonds. The number of anilines is 1. The lowest BCUT2D eigenvalue weighted by Crippen LogP contribution is -2.57. The van der Waals surface area contributed by atoms with Gasteiger partial charge in [0.15, 0.2) is 0 Å². The summed E-state index contributed by atoms with van der Waals surface area (Å²) in [4.78, 5) is 41.8. The van der Waals surface area contributed by atoms with E-state index in [1.54, 1.807) is 48.5 Å². The largest absolute Gasteiger partial charge is 0.494 e. The van der Waals surface area contributed by atoms with Gasteiger partial charge in [-0.25, -0.2) is 4.90 Å². The van der Waals surface area contributed by atoms with Gasteiger partial charge in [0.05, 0.1) is 24.1 Å². The standard InChI is InChI=1S/C28H25ClN2O5/c1-2-36-21-14-12-20(13-15-21)31-25(32)22-23(26(31)33)28(27(34)35,16-17-6-4-3-5-7-17)30-24(22)18-8-10-19(29)11-9-18/h3-15,22-24,30H,2,16H2,1H3,(H,34,35). The fourth-order valence-electron chi connectivity index (χ4n) is 5.42.